The summed E-state index contributed by atoms with van der Waals surface area (Å²) in [5.74, 6) is 0.119. The van der Waals surface area contributed by atoms with E-state index in [9.17, 15) is 9.59 Å². The van der Waals surface area contributed by atoms with Gasteiger partial charge in [-0.15, -0.1) is 11.3 Å². The maximum atomic E-state index is 13.0. The van der Waals surface area contributed by atoms with Gasteiger partial charge in [0.15, 0.2) is 5.76 Å². The number of carbonyl (C=O) groups is 2. The molecule has 3 heterocycles. The molecule has 32 heavy (non-hydrogen) atoms. The summed E-state index contributed by atoms with van der Waals surface area (Å²) in [5.41, 5.74) is 0.995. The Morgan fingerprint density at radius 1 is 1.06 bits per heavy atom. The molecule has 2 aromatic heterocycles. The molecule has 1 aromatic carbocycles. The number of thiophene rings is 1. The van der Waals surface area contributed by atoms with E-state index >= 15 is 0 Å². The van der Waals surface area contributed by atoms with E-state index in [-0.39, 0.29) is 17.6 Å². The second-order valence-corrected chi connectivity index (χ2v) is 9.27. The highest BCUT2D eigenvalue weighted by molar-refractivity contribution is 7.09. The van der Waals surface area contributed by atoms with E-state index in [0.717, 1.165) is 38.0 Å². The molecule has 3 aromatic rings. The second-order valence-electron chi connectivity index (χ2n) is 8.24. The van der Waals surface area contributed by atoms with Crippen LogP contribution in [0.15, 0.2) is 70.7 Å². The summed E-state index contributed by atoms with van der Waals surface area (Å²) in [5, 5.41) is 8.04. The quantitative estimate of drug-likeness (QED) is 0.520. The summed E-state index contributed by atoms with van der Waals surface area (Å²) in [6.07, 6.45) is 4.01. The fourth-order valence-corrected chi connectivity index (χ4v) is 4.78. The number of hydrogen-bond donors (Lipinski definition) is 2. The third-order valence-corrected chi connectivity index (χ3v) is 6.74. The first-order chi connectivity index (χ1) is 15.7. The lowest BCUT2D eigenvalue weighted by Gasteiger charge is -2.32. The van der Waals surface area contributed by atoms with Gasteiger partial charge >= 0.3 is 0 Å². The van der Waals surface area contributed by atoms with Crippen LogP contribution in [0, 0.1) is 5.92 Å². The third-order valence-electron chi connectivity index (χ3n) is 5.88. The number of nitrogens with one attached hydrogen (secondary N) is 2. The number of benzene rings is 1. The zero-order valence-electron chi connectivity index (χ0n) is 18.0. The van der Waals surface area contributed by atoms with E-state index in [1.54, 1.807) is 23.5 Å². The molecule has 0 radical (unpaired) electrons. The summed E-state index contributed by atoms with van der Waals surface area (Å²) >= 11 is 1.80. The fraction of sp³-hybridized carbons (Fsp3) is 0.360. The van der Waals surface area contributed by atoms with Gasteiger partial charge in [0.1, 0.15) is 6.04 Å². The van der Waals surface area contributed by atoms with Crippen LogP contribution in [-0.4, -0.2) is 42.4 Å². The van der Waals surface area contributed by atoms with Crippen molar-refractivity contribution in [3.8, 4) is 0 Å². The molecule has 1 fully saturated rings. The van der Waals surface area contributed by atoms with Crippen LogP contribution in [0.2, 0.25) is 0 Å². The van der Waals surface area contributed by atoms with Crippen molar-refractivity contribution in [1.29, 1.82) is 0 Å². The molecule has 0 saturated carbocycles. The summed E-state index contributed by atoms with van der Waals surface area (Å²) < 4.78 is 5.18. The molecule has 1 atom stereocenters. The number of furan rings is 1. The zero-order valence-corrected chi connectivity index (χ0v) is 18.9. The van der Waals surface area contributed by atoms with Gasteiger partial charge in [0.25, 0.3) is 5.91 Å². The number of piperidine rings is 1. The highest BCUT2D eigenvalue weighted by atomic mass is 32.1. The zero-order chi connectivity index (χ0) is 22.2. The minimum atomic E-state index is -0.658. The molecule has 7 heteroatoms. The lowest BCUT2D eigenvalue weighted by Crippen LogP contribution is -2.49. The number of rotatable bonds is 9. The Morgan fingerprint density at radius 3 is 2.56 bits per heavy atom. The van der Waals surface area contributed by atoms with Crippen LogP contribution < -0.4 is 10.6 Å². The van der Waals surface area contributed by atoms with Crippen molar-refractivity contribution >= 4 is 23.2 Å². The van der Waals surface area contributed by atoms with Crippen LogP contribution in [0.25, 0.3) is 0 Å². The number of carbonyl (C=O) groups excluding carboxylic acids is 2. The van der Waals surface area contributed by atoms with Gasteiger partial charge in [0.2, 0.25) is 5.91 Å². The van der Waals surface area contributed by atoms with Crippen LogP contribution in [0.5, 0.6) is 0 Å². The number of nitrogens with zero attached hydrogens (tertiary/aromatic N) is 1. The van der Waals surface area contributed by atoms with Gasteiger partial charge in [-0.2, -0.15) is 0 Å². The first-order valence-corrected chi connectivity index (χ1v) is 12.0. The van der Waals surface area contributed by atoms with Gasteiger partial charge in [-0.05, 0) is 61.0 Å². The van der Waals surface area contributed by atoms with E-state index in [0.29, 0.717) is 18.9 Å². The average molecular weight is 452 g/mol. The van der Waals surface area contributed by atoms with Crippen molar-refractivity contribution in [3.63, 3.8) is 0 Å². The topological polar surface area (TPSA) is 74.6 Å². The number of likely N-dealkylation sites (tertiary alicyclic amines) is 1. The van der Waals surface area contributed by atoms with Crippen molar-refractivity contribution < 1.29 is 14.0 Å². The van der Waals surface area contributed by atoms with Crippen molar-refractivity contribution in [2.75, 3.05) is 19.6 Å². The molecule has 0 spiro atoms. The molecule has 1 aliphatic heterocycles. The largest absolute Gasteiger partial charge is 0.459 e. The van der Waals surface area contributed by atoms with E-state index < -0.39 is 6.04 Å². The Morgan fingerprint density at radius 2 is 1.88 bits per heavy atom. The van der Waals surface area contributed by atoms with Crippen LogP contribution in [0.3, 0.4) is 0 Å². The van der Waals surface area contributed by atoms with Crippen molar-refractivity contribution in [2.24, 2.45) is 5.92 Å². The summed E-state index contributed by atoms with van der Waals surface area (Å²) in [6, 6.07) is 16.6. The molecule has 1 saturated heterocycles. The Bertz CT molecular complexity index is 965. The molecule has 0 bridgehead atoms. The standard InChI is InChI=1S/C25H29N3O3S/c29-24(26-17-20-10-12-28(13-11-20)18-21-8-5-15-32-21)22(16-19-6-2-1-3-7-19)27-25(30)23-9-4-14-31-23/h1-9,14-15,20,22H,10-13,16-18H2,(H,26,29)(H,27,30). The molecule has 0 aliphatic carbocycles. The van der Waals surface area contributed by atoms with Crippen LogP contribution in [-0.2, 0) is 17.8 Å². The molecule has 2 amide bonds. The van der Waals surface area contributed by atoms with Gasteiger partial charge in [-0.25, -0.2) is 0 Å². The SMILES string of the molecule is O=C(NC(Cc1ccccc1)C(=O)NCC1CCN(Cc2cccs2)CC1)c1ccco1. The summed E-state index contributed by atoms with van der Waals surface area (Å²) in [7, 11) is 0. The van der Waals surface area contributed by atoms with Gasteiger partial charge in [0, 0.05) is 24.4 Å². The Labute approximate surface area is 192 Å². The smallest absolute Gasteiger partial charge is 0.287 e. The first kappa shape index (κ1) is 22.3. The minimum absolute atomic E-state index is 0.158. The number of amides is 2. The van der Waals surface area contributed by atoms with Crippen LogP contribution in [0.1, 0.15) is 33.8 Å². The Hall–Kier alpha value is -2.90. The third kappa shape index (κ3) is 6.31. The summed E-state index contributed by atoms with van der Waals surface area (Å²) in [6.45, 7) is 3.73. The van der Waals surface area contributed by atoms with Gasteiger partial charge in [0.05, 0.1) is 6.26 Å². The highest BCUT2D eigenvalue weighted by Crippen LogP contribution is 2.20. The molecule has 168 valence electrons. The van der Waals surface area contributed by atoms with Crippen molar-refractivity contribution in [1.82, 2.24) is 15.5 Å². The van der Waals surface area contributed by atoms with Gasteiger partial charge < -0.3 is 15.1 Å². The fourth-order valence-electron chi connectivity index (χ4n) is 4.04. The Kier molecular flexibility index (Phi) is 7.74. The Balaban J connectivity index is 1.29. The maximum Gasteiger partial charge on any atom is 0.287 e. The van der Waals surface area contributed by atoms with E-state index in [2.05, 4.69) is 33.0 Å². The highest BCUT2D eigenvalue weighted by Gasteiger charge is 2.25. The van der Waals surface area contributed by atoms with Crippen molar-refractivity contribution in [3.05, 3.63) is 82.4 Å². The predicted molar refractivity (Wildman–Crippen MR) is 125 cm³/mol. The van der Waals surface area contributed by atoms with Gasteiger partial charge in [-0.3, -0.25) is 14.5 Å². The average Bonchev–Trinajstić information content (AvgIpc) is 3.53. The summed E-state index contributed by atoms with van der Waals surface area (Å²) in [4.78, 5) is 29.4. The molecule has 2 N–H and O–H groups in total. The molecule has 6 nitrogen and oxygen atoms in total. The van der Waals surface area contributed by atoms with Crippen LogP contribution in [0.4, 0.5) is 0 Å². The first-order valence-electron chi connectivity index (χ1n) is 11.1. The molecule has 1 aliphatic rings. The monoisotopic (exact) mass is 451 g/mol. The maximum absolute atomic E-state index is 13.0. The van der Waals surface area contributed by atoms with Crippen LogP contribution >= 0.6 is 11.3 Å². The molecule has 4 rings (SSSR count). The molecular weight excluding hydrogens is 422 g/mol. The van der Waals surface area contributed by atoms with E-state index in [1.165, 1.54) is 11.1 Å². The normalized spacial score (nSPS) is 15.9. The predicted octanol–water partition coefficient (Wildman–Crippen LogP) is 3.71. The lowest BCUT2D eigenvalue weighted by molar-refractivity contribution is -0.123. The van der Waals surface area contributed by atoms with Gasteiger partial charge in [-0.1, -0.05) is 36.4 Å². The molecular formula is C25H29N3O3S. The van der Waals surface area contributed by atoms with Crippen molar-refractivity contribution in [2.45, 2.75) is 31.8 Å². The van der Waals surface area contributed by atoms with E-state index in [1.807, 2.05) is 30.3 Å². The second kappa shape index (κ2) is 11.1. The lowest BCUT2D eigenvalue weighted by atomic mass is 9.96. The molecule has 1 unspecified atom stereocenters. The minimum Gasteiger partial charge on any atom is -0.459 e. The number of hydrogen-bond acceptors (Lipinski definition) is 5. The van der Waals surface area contributed by atoms with E-state index in [4.69, 9.17) is 4.42 Å².